The molecule has 1 atom stereocenters. The van der Waals surface area contributed by atoms with Gasteiger partial charge in [0.2, 0.25) is 0 Å². The molecule has 0 fully saturated rings. The van der Waals surface area contributed by atoms with Crippen molar-refractivity contribution in [3.8, 4) is 0 Å². The summed E-state index contributed by atoms with van der Waals surface area (Å²) >= 11 is 0. The second-order valence-electron chi connectivity index (χ2n) is 3.00. The van der Waals surface area contributed by atoms with Crippen LogP contribution in [-0.4, -0.2) is 12.6 Å². The van der Waals surface area contributed by atoms with Crippen LogP contribution in [-0.2, 0) is 29.0 Å². The second kappa shape index (κ2) is 10.2. The first kappa shape index (κ1) is 15.6. The Morgan fingerprint density at radius 3 is 2.31 bits per heavy atom. The van der Waals surface area contributed by atoms with Crippen molar-refractivity contribution in [1.29, 1.82) is 0 Å². The first-order valence-corrected chi connectivity index (χ1v) is 4.92. The van der Waals surface area contributed by atoms with Gasteiger partial charge in [0.15, 0.2) is 0 Å². The van der Waals surface area contributed by atoms with Gasteiger partial charge >= 0.3 is 5.97 Å². The summed E-state index contributed by atoms with van der Waals surface area (Å²) in [5.41, 5.74) is 0. The Hall–Kier alpha value is 0.0934. The Morgan fingerprint density at radius 2 is 1.92 bits per heavy atom. The van der Waals surface area contributed by atoms with E-state index in [2.05, 4.69) is 6.92 Å². The molecule has 0 aromatic carbocycles. The smallest absolute Gasteiger partial charge is 0.308 e. The maximum atomic E-state index is 11.3. The van der Waals surface area contributed by atoms with Gasteiger partial charge in [-0.2, -0.15) is 0 Å². The molecular formula is C10H20O2Zn. The quantitative estimate of drug-likeness (QED) is 0.525. The van der Waals surface area contributed by atoms with E-state index in [0.717, 1.165) is 25.7 Å². The maximum Gasteiger partial charge on any atom is 0.308 e. The van der Waals surface area contributed by atoms with Crippen molar-refractivity contribution in [1.82, 2.24) is 0 Å². The molecule has 13 heavy (non-hydrogen) atoms. The molecule has 2 nitrogen and oxygen atoms in total. The summed E-state index contributed by atoms with van der Waals surface area (Å²) in [7, 11) is 0. The standard InChI is InChI=1S/C10H20O2.Zn/c1-4-7-8-9(5-2)10(11)12-6-3;/h9H,4-8H2,1-3H3;. The molecule has 0 saturated carbocycles. The zero-order valence-corrected chi connectivity index (χ0v) is 12.1. The minimum atomic E-state index is -0.0200. The molecule has 0 bridgehead atoms. The first-order chi connectivity index (χ1) is 5.76. The molecule has 0 saturated heterocycles. The Balaban J connectivity index is 0. The Labute approximate surface area is 94.2 Å². The van der Waals surface area contributed by atoms with Crippen molar-refractivity contribution in [2.45, 2.75) is 46.5 Å². The predicted molar refractivity (Wildman–Crippen MR) is 49.9 cm³/mol. The summed E-state index contributed by atoms with van der Waals surface area (Å²) in [6, 6.07) is 0. The fourth-order valence-corrected chi connectivity index (χ4v) is 1.20. The number of carbonyl (C=O) groups excluding carboxylic acids is 1. The van der Waals surface area contributed by atoms with Gasteiger partial charge in [-0.05, 0) is 19.8 Å². The Kier molecular flexibility index (Phi) is 12.2. The number of esters is 1. The van der Waals surface area contributed by atoms with Gasteiger partial charge in [-0.25, -0.2) is 0 Å². The Morgan fingerprint density at radius 1 is 1.31 bits per heavy atom. The molecule has 0 radical (unpaired) electrons. The van der Waals surface area contributed by atoms with Gasteiger partial charge in [0, 0.05) is 19.5 Å². The average molecular weight is 238 g/mol. The minimum absolute atomic E-state index is 0. The fraction of sp³-hybridized carbons (Fsp3) is 0.900. The molecule has 0 aromatic heterocycles. The number of ether oxygens (including phenoxy) is 1. The van der Waals surface area contributed by atoms with Crippen LogP contribution >= 0.6 is 0 Å². The molecule has 0 aliphatic rings. The van der Waals surface area contributed by atoms with E-state index in [-0.39, 0.29) is 31.4 Å². The van der Waals surface area contributed by atoms with Crippen LogP contribution in [0.3, 0.4) is 0 Å². The summed E-state index contributed by atoms with van der Waals surface area (Å²) in [5.74, 6) is 0.110. The van der Waals surface area contributed by atoms with E-state index in [1.165, 1.54) is 0 Å². The van der Waals surface area contributed by atoms with Gasteiger partial charge in [-0.1, -0.05) is 26.7 Å². The number of hydrogen-bond donors (Lipinski definition) is 0. The van der Waals surface area contributed by atoms with E-state index in [1.807, 2.05) is 13.8 Å². The molecule has 0 amide bonds. The molecule has 0 aliphatic heterocycles. The second-order valence-corrected chi connectivity index (χ2v) is 3.00. The van der Waals surface area contributed by atoms with Crippen LogP contribution in [0.15, 0.2) is 0 Å². The van der Waals surface area contributed by atoms with Crippen LogP contribution in [0.5, 0.6) is 0 Å². The number of carbonyl (C=O) groups is 1. The van der Waals surface area contributed by atoms with Crippen molar-refractivity contribution < 1.29 is 29.0 Å². The van der Waals surface area contributed by atoms with Crippen LogP contribution in [0.25, 0.3) is 0 Å². The summed E-state index contributed by atoms with van der Waals surface area (Å²) in [4.78, 5) is 11.3. The molecular weight excluding hydrogens is 217 g/mol. The molecule has 74 valence electrons. The fourth-order valence-electron chi connectivity index (χ4n) is 1.20. The van der Waals surface area contributed by atoms with E-state index < -0.39 is 0 Å². The molecule has 0 aromatic rings. The molecule has 0 spiro atoms. The van der Waals surface area contributed by atoms with Crippen LogP contribution in [0.4, 0.5) is 0 Å². The normalized spacial score (nSPS) is 11.6. The van der Waals surface area contributed by atoms with E-state index >= 15 is 0 Å². The first-order valence-electron chi connectivity index (χ1n) is 4.92. The third-order valence-electron chi connectivity index (χ3n) is 2.02. The summed E-state index contributed by atoms with van der Waals surface area (Å²) in [6.07, 6.45) is 4.15. The van der Waals surface area contributed by atoms with E-state index in [0.29, 0.717) is 6.61 Å². The van der Waals surface area contributed by atoms with Gasteiger partial charge in [-0.15, -0.1) is 0 Å². The van der Waals surface area contributed by atoms with Gasteiger partial charge in [0.05, 0.1) is 12.5 Å². The largest absolute Gasteiger partial charge is 0.466 e. The van der Waals surface area contributed by atoms with Crippen molar-refractivity contribution in [3.63, 3.8) is 0 Å². The summed E-state index contributed by atoms with van der Waals surface area (Å²) in [5, 5.41) is 0. The maximum absolute atomic E-state index is 11.3. The number of rotatable bonds is 6. The Bertz CT molecular complexity index is 126. The third kappa shape index (κ3) is 7.19. The van der Waals surface area contributed by atoms with Gasteiger partial charge < -0.3 is 4.74 Å². The SMILES string of the molecule is CCCCC(CC)C(=O)OCC.[Zn]. The minimum Gasteiger partial charge on any atom is -0.466 e. The monoisotopic (exact) mass is 236 g/mol. The van der Waals surface area contributed by atoms with E-state index in [9.17, 15) is 4.79 Å². The van der Waals surface area contributed by atoms with Crippen molar-refractivity contribution in [2.24, 2.45) is 5.92 Å². The summed E-state index contributed by atoms with van der Waals surface area (Å²) < 4.78 is 4.95. The predicted octanol–water partition coefficient (Wildman–Crippen LogP) is 2.76. The third-order valence-corrected chi connectivity index (χ3v) is 2.02. The summed E-state index contributed by atoms with van der Waals surface area (Å²) in [6.45, 7) is 6.53. The molecule has 0 aliphatic carbocycles. The molecule has 1 unspecified atom stereocenters. The average Bonchev–Trinajstić information content (AvgIpc) is 2.06. The van der Waals surface area contributed by atoms with Crippen molar-refractivity contribution in [2.75, 3.05) is 6.61 Å². The van der Waals surface area contributed by atoms with Crippen LogP contribution in [0.2, 0.25) is 0 Å². The molecule has 0 N–H and O–H groups in total. The topological polar surface area (TPSA) is 26.3 Å². The number of hydrogen-bond acceptors (Lipinski definition) is 2. The van der Waals surface area contributed by atoms with Gasteiger partial charge in [-0.3, -0.25) is 4.79 Å². The van der Waals surface area contributed by atoms with Gasteiger partial charge in [0.25, 0.3) is 0 Å². The van der Waals surface area contributed by atoms with Crippen LogP contribution < -0.4 is 0 Å². The van der Waals surface area contributed by atoms with Crippen molar-refractivity contribution >= 4 is 5.97 Å². The van der Waals surface area contributed by atoms with E-state index in [1.54, 1.807) is 0 Å². The van der Waals surface area contributed by atoms with Crippen LogP contribution in [0.1, 0.15) is 46.5 Å². The zero-order valence-electron chi connectivity index (χ0n) is 9.14. The number of unbranched alkanes of at least 4 members (excludes halogenated alkanes) is 1. The van der Waals surface area contributed by atoms with Crippen LogP contribution in [0, 0.1) is 5.92 Å². The molecule has 0 heterocycles. The van der Waals surface area contributed by atoms with Gasteiger partial charge in [0.1, 0.15) is 0 Å². The van der Waals surface area contributed by atoms with Crippen molar-refractivity contribution in [3.05, 3.63) is 0 Å². The molecule has 3 heteroatoms. The van der Waals surface area contributed by atoms with E-state index in [4.69, 9.17) is 4.74 Å². The molecule has 0 rings (SSSR count). The zero-order chi connectivity index (χ0) is 9.40.